The Morgan fingerprint density at radius 1 is 1.50 bits per heavy atom. The highest BCUT2D eigenvalue weighted by atomic mass is 16.5. The van der Waals surface area contributed by atoms with Gasteiger partial charge in [0.1, 0.15) is 5.75 Å². The standard InChI is InChI=1S/C16H24N2O2/c1-11(2)12-5-6-15-13(10-12)14(4-3-9-20-15)18-16(19)7-8-17/h5-6,10-11,14H,3-4,7-9,17H2,1-2H3,(H,18,19). The van der Waals surface area contributed by atoms with Crippen molar-refractivity contribution in [2.45, 2.75) is 45.1 Å². The molecule has 1 aliphatic heterocycles. The van der Waals surface area contributed by atoms with Crippen LogP contribution in [0, 0.1) is 0 Å². The van der Waals surface area contributed by atoms with Gasteiger partial charge in [0, 0.05) is 18.5 Å². The quantitative estimate of drug-likeness (QED) is 0.888. The van der Waals surface area contributed by atoms with Gasteiger partial charge in [0.15, 0.2) is 0 Å². The Labute approximate surface area is 120 Å². The first-order valence-corrected chi connectivity index (χ1v) is 7.38. The summed E-state index contributed by atoms with van der Waals surface area (Å²) in [6.07, 6.45) is 2.22. The molecule has 1 amide bonds. The van der Waals surface area contributed by atoms with Crippen LogP contribution in [-0.4, -0.2) is 19.1 Å². The van der Waals surface area contributed by atoms with Gasteiger partial charge in [-0.05, 0) is 36.5 Å². The van der Waals surface area contributed by atoms with E-state index in [1.165, 1.54) is 5.56 Å². The van der Waals surface area contributed by atoms with Crippen molar-refractivity contribution in [3.63, 3.8) is 0 Å². The van der Waals surface area contributed by atoms with Crippen LogP contribution in [0.25, 0.3) is 0 Å². The molecule has 0 aromatic heterocycles. The molecule has 1 aliphatic rings. The van der Waals surface area contributed by atoms with E-state index in [9.17, 15) is 4.79 Å². The lowest BCUT2D eigenvalue weighted by molar-refractivity contribution is -0.121. The molecule has 1 unspecified atom stereocenters. The van der Waals surface area contributed by atoms with Crippen LogP contribution in [0.4, 0.5) is 0 Å². The second kappa shape index (κ2) is 6.75. The van der Waals surface area contributed by atoms with Crippen molar-refractivity contribution in [2.75, 3.05) is 13.2 Å². The summed E-state index contributed by atoms with van der Waals surface area (Å²) in [5.41, 5.74) is 7.81. The van der Waals surface area contributed by atoms with E-state index in [2.05, 4.69) is 31.3 Å². The lowest BCUT2D eigenvalue weighted by Crippen LogP contribution is -2.29. The van der Waals surface area contributed by atoms with Crippen LogP contribution in [0.1, 0.15) is 56.2 Å². The highest BCUT2D eigenvalue weighted by molar-refractivity contribution is 5.76. The van der Waals surface area contributed by atoms with Crippen molar-refractivity contribution in [3.05, 3.63) is 29.3 Å². The fourth-order valence-electron chi connectivity index (χ4n) is 2.50. The van der Waals surface area contributed by atoms with E-state index in [1.54, 1.807) is 0 Å². The SMILES string of the molecule is CC(C)c1ccc2c(c1)C(NC(=O)CCN)CCCO2. The zero-order chi connectivity index (χ0) is 14.5. The minimum absolute atomic E-state index is 0.0142. The number of amides is 1. The summed E-state index contributed by atoms with van der Waals surface area (Å²) in [7, 11) is 0. The molecule has 0 radical (unpaired) electrons. The molecule has 1 aromatic carbocycles. The van der Waals surface area contributed by atoms with E-state index in [0.717, 1.165) is 24.2 Å². The maximum atomic E-state index is 11.8. The predicted octanol–water partition coefficient (Wildman–Crippen LogP) is 2.49. The van der Waals surface area contributed by atoms with E-state index >= 15 is 0 Å². The van der Waals surface area contributed by atoms with Crippen LogP contribution in [0.3, 0.4) is 0 Å². The third-order valence-electron chi connectivity index (χ3n) is 3.68. The smallest absolute Gasteiger partial charge is 0.221 e. The maximum Gasteiger partial charge on any atom is 0.221 e. The second-order valence-corrected chi connectivity index (χ2v) is 5.60. The Kier molecular flexibility index (Phi) is 5.01. The normalized spacial score (nSPS) is 18.1. The first-order valence-electron chi connectivity index (χ1n) is 7.38. The Hall–Kier alpha value is -1.55. The summed E-state index contributed by atoms with van der Waals surface area (Å²) in [6, 6.07) is 6.33. The van der Waals surface area contributed by atoms with Crippen LogP contribution in [0.2, 0.25) is 0 Å². The molecule has 20 heavy (non-hydrogen) atoms. The molecule has 1 aromatic rings. The average Bonchev–Trinajstić information content (AvgIpc) is 2.61. The summed E-state index contributed by atoms with van der Waals surface area (Å²) in [5, 5.41) is 3.08. The molecule has 0 saturated carbocycles. The van der Waals surface area contributed by atoms with Crippen molar-refractivity contribution in [3.8, 4) is 5.75 Å². The van der Waals surface area contributed by atoms with Gasteiger partial charge in [-0.15, -0.1) is 0 Å². The molecule has 3 N–H and O–H groups in total. The fraction of sp³-hybridized carbons (Fsp3) is 0.562. The molecule has 1 heterocycles. The van der Waals surface area contributed by atoms with Crippen molar-refractivity contribution in [1.29, 1.82) is 0 Å². The van der Waals surface area contributed by atoms with Gasteiger partial charge < -0.3 is 15.8 Å². The van der Waals surface area contributed by atoms with E-state index in [-0.39, 0.29) is 11.9 Å². The van der Waals surface area contributed by atoms with Crippen molar-refractivity contribution < 1.29 is 9.53 Å². The first-order chi connectivity index (χ1) is 9.61. The lowest BCUT2D eigenvalue weighted by Gasteiger charge is -2.20. The topological polar surface area (TPSA) is 64.4 Å². The highest BCUT2D eigenvalue weighted by Crippen LogP contribution is 2.33. The summed E-state index contributed by atoms with van der Waals surface area (Å²) >= 11 is 0. The van der Waals surface area contributed by atoms with E-state index in [4.69, 9.17) is 10.5 Å². The molecular formula is C16H24N2O2. The van der Waals surface area contributed by atoms with Crippen molar-refractivity contribution in [1.82, 2.24) is 5.32 Å². The van der Waals surface area contributed by atoms with Crippen LogP contribution in [-0.2, 0) is 4.79 Å². The molecule has 0 aliphatic carbocycles. The number of rotatable bonds is 4. The molecule has 0 bridgehead atoms. The van der Waals surface area contributed by atoms with Gasteiger partial charge in [-0.25, -0.2) is 0 Å². The van der Waals surface area contributed by atoms with Crippen LogP contribution >= 0.6 is 0 Å². The van der Waals surface area contributed by atoms with Crippen molar-refractivity contribution in [2.24, 2.45) is 5.73 Å². The summed E-state index contributed by atoms with van der Waals surface area (Å²) in [6.45, 7) is 5.42. The fourth-order valence-corrected chi connectivity index (χ4v) is 2.50. The van der Waals surface area contributed by atoms with Gasteiger partial charge in [-0.1, -0.05) is 19.9 Å². The van der Waals surface area contributed by atoms with Gasteiger partial charge in [0.05, 0.1) is 12.6 Å². The number of fused-ring (bicyclic) bond motifs is 1. The molecule has 0 fully saturated rings. The van der Waals surface area contributed by atoms with Crippen LogP contribution in [0.15, 0.2) is 18.2 Å². The Balaban J connectivity index is 2.26. The maximum absolute atomic E-state index is 11.8. The molecule has 4 nitrogen and oxygen atoms in total. The molecule has 2 rings (SSSR count). The van der Waals surface area contributed by atoms with Crippen LogP contribution in [0.5, 0.6) is 5.75 Å². The van der Waals surface area contributed by atoms with Gasteiger partial charge >= 0.3 is 0 Å². The summed E-state index contributed by atoms with van der Waals surface area (Å²) < 4.78 is 5.78. The average molecular weight is 276 g/mol. The monoisotopic (exact) mass is 276 g/mol. The molecule has 1 atom stereocenters. The van der Waals surface area contributed by atoms with E-state index < -0.39 is 0 Å². The van der Waals surface area contributed by atoms with Gasteiger partial charge in [0.2, 0.25) is 5.91 Å². The summed E-state index contributed by atoms with van der Waals surface area (Å²) in [4.78, 5) is 11.8. The zero-order valence-electron chi connectivity index (χ0n) is 12.3. The molecular weight excluding hydrogens is 252 g/mol. The van der Waals surface area contributed by atoms with Gasteiger partial charge in [-0.3, -0.25) is 4.79 Å². The number of carbonyl (C=O) groups excluding carboxylic acids is 1. The third-order valence-corrected chi connectivity index (χ3v) is 3.68. The number of nitrogens with two attached hydrogens (primary N) is 1. The summed E-state index contributed by atoms with van der Waals surface area (Å²) in [5.74, 6) is 1.37. The van der Waals surface area contributed by atoms with E-state index in [0.29, 0.717) is 25.5 Å². The predicted molar refractivity (Wildman–Crippen MR) is 79.8 cm³/mol. The second-order valence-electron chi connectivity index (χ2n) is 5.60. The molecule has 0 spiro atoms. The lowest BCUT2D eigenvalue weighted by atomic mass is 9.95. The molecule has 4 heteroatoms. The zero-order valence-corrected chi connectivity index (χ0v) is 12.3. The minimum Gasteiger partial charge on any atom is -0.493 e. The largest absolute Gasteiger partial charge is 0.493 e. The number of nitrogens with one attached hydrogen (secondary N) is 1. The molecule has 110 valence electrons. The number of hydrogen-bond acceptors (Lipinski definition) is 3. The van der Waals surface area contributed by atoms with Crippen molar-refractivity contribution >= 4 is 5.91 Å². The Morgan fingerprint density at radius 2 is 2.30 bits per heavy atom. The number of hydrogen-bond donors (Lipinski definition) is 2. The Morgan fingerprint density at radius 3 is 3.00 bits per heavy atom. The number of ether oxygens (including phenoxy) is 1. The first kappa shape index (κ1) is 14.9. The minimum atomic E-state index is 0.0142. The van der Waals surface area contributed by atoms with Gasteiger partial charge in [-0.2, -0.15) is 0 Å². The Bertz CT molecular complexity index is 472. The number of carbonyl (C=O) groups is 1. The van der Waals surface area contributed by atoms with Gasteiger partial charge in [0.25, 0.3) is 0 Å². The highest BCUT2D eigenvalue weighted by Gasteiger charge is 2.22. The number of benzene rings is 1. The third kappa shape index (κ3) is 3.51. The molecule has 0 saturated heterocycles. The van der Waals surface area contributed by atoms with Crippen LogP contribution < -0.4 is 15.8 Å². The van der Waals surface area contributed by atoms with E-state index in [1.807, 2.05) is 6.07 Å².